The third-order valence-electron chi connectivity index (χ3n) is 1.05. The first kappa shape index (κ1) is 7.50. The summed E-state index contributed by atoms with van der Waals surface area (Å²) in [6.07, 6.45) is 0. The van der Waals surface area contributed by atoms with Crippen molar-refractivity contribution in [3.63, 3.8) is 0 Å². The topological polar surface area (TPSA) is 3.01 Å². The Kier molecular flexibility index (Phi) is 2.24. The smallest absolute Gasteiger partial charge is 0.222 e. The van der Waals surface area contributed by atoms with Crippen molar-refractivity contribution in [3.8, 4) is 0 Å². The van der Waals surface area contributed by atoms with E-state index >= 15 is 0 Å². The molecule has 4 heteroatoms. The predicted octanol–water partition coefficient (Wildman–Crippen LogP) is 1.66. The monoisotopic (exact) mass is 173 g/mol. The molecule has 0 fully saturated rings. The van der Waals surface area contributed by atoms with Crippen molar-refractivity contribution in [2.75, 3.05) is 0 Å². The van der Waals surface area contributed by atoms with Crippen LogP contribution in [-0.2, 0) is 25.2 Å². The minimum absolute atomic E-state index is 0.257. The molecule has 0 aliphatic heterocycles. The Morgan fingerprint density at radius 2 is 2.00 bits per heavy atom. The second-order valence-electron chi connectivity index (χ2n) is 1.71. The average Bonchev–Trinajstić information content (AvgIpc) is 1.88. The molecule has 1 rings (SSSR count). The molecule has 0 aliphatic carbocycles. The van der Waals surface area contributed by atoms with E-state index in [0.29, 0.717) is 0 Å². The Labute approximate surface area is 69.2 Å². The fraction of sp³-hybridized carbons (Fsp3) is 0. The molecule has 0 amide bonds. The first-order valence-electron chi connectivity index (χ1n) is 2.61. The predicted molar refractivity (Wildman–Crippen MR) is 41.1 cm³/mol. The van der Waals surface area contributed by atoms with Gasteiger partial charge in [0.1, 0.15) is 0 Å². The molecule has 0 saturated heterocycles. The molecule has 0 heterocycles. The van der Waals surface area contributed by atoms with E-state index in [1.807, 2.05) is 0 Å². The molecule has 0 saturated carbocycles. The summed E-state index contributed by atoms with van der Waals surface area (Å²) in [5.74, 6) is -0.382. The fourth-order valence-electron chi connectivity index (χ4n) is 0.600. The van der Waals surface area contributed by atoms with Crippen LogP contribution in [-0.4, -0.2) is 3.35 Å². The van der Waals surface area contributed by atoms with Crippen LogP contribution in [0.1, 0.15) is 0 Å². The van der Waals surface area contributed by atoms with E-state index in [-0.39, 0.29) is 11.5 Å². The maximum atomic E-state index is 12.7. The van der Waals surface area contributed by atoms with Gasteiger partial charge in [0.15, 0.2) is 5.82 Å². The van der Waals surface area contributed by atoms with Crippen LogP contribution in [0.4, 0.5) is 10.1 Å². The highest BCUT2D eigenvalue weighted by Crippen LogP contribution is 2.13. The van der Waals surface area contributed by atoms with Crippen molar-refractivity contribution in [1.82, 2.24) is 0 Å². The van der Waals surface area contributed by atoms with Gasteiger partial charge in [-0.05, 0) is 6.07 Å². The van der Waals surface area contributed by atoms with Gasteiger partial charge >= 0.3 is 0 Å². The molecule has 0 spiro atoms. The van der Waals surface area contributed by atoms with E-state index in [9.17, 15) is 4.39 Å². The maximum absolute atomic E-state index is 12.7. The summed E-state index contributed by atoms with van der Waals surface area (Å²) in [5.41, 5.74) is 0.257. The van der Waals surface area contributed by atoms with Gasteiger partial charge in [0, 0.05) is 6.07 Å². The SMILES string of the molecule is Fc1ccccc1[N+](=S)[S-]. The highest BCUT2D eigenvalue weighted by molar-refractivity contribution is 7.58. The summed E-state index contributed by atoms with van der Waals surface area (Å²) in [6.45, 7) is 0. The van der Waals surface area contributed by atoms with Gasteiger partial charge < -0.3 is 0 Å². The van der Waals surface area contributed by atoms with E-state index in [2.05, 4.69) is 25.2 Å². The van der Waals surface area contributed by atoms with Gasteiger partial charge in [-0.2, -0.15) is 4.39 Å². The second kappa shape index (κ2) is 2.98. The quantitative estimate of drug-likeness (QED) is 0.469. The molecule has 0 aliphatic rings. The third kappa shape index (κ3) is 1.46. The van der Waals surface area contributed by atoms with Crippen molar-refractivity contribution in [3.05, 3.63) is 30.1 Å². The summed E-state index contributed by atoms with van der Waals surface area (Å²) in [4.78, 5) is 0. The molecule has 0 bridgehead atoms. The summed E-state index contributed by atoms with van der Waals surface area (Å²) >= 11 is 9.08. The van der Waals surface area contributed by atoms with Gasteiger partial charge in [0.2, 0.25) is 5.69 Å². The largest absolute Gasteiger partial charge is 0.238 e. The van der Waals surface area contributed by atoms with Gasteiger partial charge in [-0.25, -0.2) is 3.35 Å². The molecular formula is C6H4FNS2. The van der Waals surface area contributed by atoms with E-state index in [1.54, 1.807) is 12.1 Å². The van der Waals surface area contributed by atoms with Crippen LogP contribution in [0.3, 0.4) is 0 Å². The zero-order chi connectivity index (χ0) is 7.56. The highest BCUT2D eigenvalue weighted by atomic mass is 32.2. The molecular weight excluding hydrogens is 169 g/mol. The lowest BCUT2D eigenvalue weighted by Gasteiger charge is -1.95. The lowest BCUT2D eigenvalue weighted by molar-refractivity contribution is -0.201. The Hall–Kier alpha value is -0.610. The van der Waals surface area contributed by atoms with Gasteiger partial charge in [-0.15, -0.1) is 0 Å². The van der Waals surface area contributed by atoms with E-state index in [1.165, 1.54) is 12.1 Å². The normalized spacial score (nSPS) is 9.30. The van der Waals surface area contributed by atoms with E-state index in [0.717, 1.165) is 3.35 Å². The fourth-order valence-corrected chi connectivity index (χ4v) is 0.896. The number of benzene rings is 1. The molecule has 0 aromatic heterocycles. The highest BCUT2D eigenvalue weighted by Gasteiger charge is 2.04. The Bertz CT molecular complexity index is 262. The molecule has 1 aromatic carbocycles. The molecule has 0 atom stereocenters. The van der Waals surface area contributed by atoms with Crippen LogP contribution in [0.15, 0.2) is 24.3 Å². The molecule has 10 heavy (non-hydrogen) atoms. The van der Waals surface area contributed by atoms with Gasteiger partial charge in [0.25, 0.3) is 0 Å². The van der Waals surface area contributed by atoms with Crippen molar-refractivity contribution in [1.29, 1.82) is 0 Å². The van der Waals surface area contributed by atoms with Crippen molar-refractivity contribution >= 4 is 30.9 Å². The number of nitrogens with zero attached hydrogens (tertiary/aromatic N) is 1. The van der Waals surface area contributed by atoms with Crippen LogP contribution >= 0.6 is 0 Å². The van der Waals surface area contributed by atoms with Gasteiger partial charge in [-0.1, -0.05) is 37.4 Å². The summed E-state index contributed by atoms with van der Waals surface area (Å²) in [7, 11) is 0. The van der Waals surface area contributed by atoms with Crippen molar-refractivity contribution in [2.45, 2.75) is 0 Å². The molecule has 1 aromatic rings. The third-order valence-corrected chi connectivity index (χ3v) is 1.44. The molecule has 0 N–H and O–H groups in total. The van der Waals surface area contributed by atoms with Crippen LogP contribution in [0.5, 0.6) is 0 Å². The standard InChI is InChI=1S/C6H4FNS2/c7-5-3-1-2-4-6(5)8(9)10/h1-4H. The Balaban J connectivity index is 3.15. The number of halogens is 1. The molecule has 0 unspecified atom stereocenters. The van der Waals surface area contributed by atoms with E-state index in [4.69, 9.17) is 0 Å². The zero-order valence-electron chi connectivity index (χ0n) is 4.95. The van der Waals surface area contributed by atoms with Crippen molar-refractivity contribution < 1.29 is 7.74 Å². The van der Waals surface area contributed by atoms with Crippen molar-refractivity contribution in [2.24, 2.45) is 0 Å². The lowest BCUT2D eigenvalue weighted by Crippen LogP contribution is -1.90. The number of rotatable bonds is 1. The summed E-state index contributed by atoms with van der Waals surface area (Å²) in [6, 6.07) is 6.13. The number of hydrogen-bond donors (Lipinski definition) is 0. The zero-order valence-corrected chi connectivity index (χ0v) is 6.58. The summed E-state index contributed by atoms with van der Waals surface area (Å²) < 4.78 is 13.6. The average molecular weight is 173 g/mol. The molecule has 0 radical (unpaired) electrons. The van der Waals surface area contributed by atoms with Crippen LogP contribution < -0.4 is 0 Å². The van der Waals surface area contributed by atoms with Gasteiger partial charge in [0.05, 0.1) is 0 Å². The minimum Gasteiger partial charge on any atom is -0.222 e. The minimum atomic E-state index is -0.382. The number of hydrogen-bond acceptors (Lipinski definition) is 2. The lowest BCUT2D eigenvalue weighted by atomic mass is 10.3. The first-order valence-corrected chi connectivity index (χ1v) is 3.34. The van der Waals surface area contributed by atoms with E-state index < -0.39 is 0 Å². The maximum Gasteiger partial charge on any atom is 0.238 e. The van der Waals surface area contributed by atoms with Crippen LogP contribution in [0, 0.1) is 5.82 Å². The number of para-hydroxylation sites is 1. The molecule has 52 valence electrons. The molecule has 1 nitrogen and oxygen atoms in total. The first-order chi connectivity index (χ1) is 4.72. The summed E-state index contributed by atoms with van der Waals surface area (Å²) in [5, 5.41) is 0. The Morgan fingerprint density at radius 1 is 1.40 bits per heavy atom. The Morgan fingerprint density at radius 3 is 2.40 bits per heavy atom. The van der Waals surface area contributed by atoms with Gasteiger partial charge in [-0.3, -0.25) is 0 Å². The van der Waals surface area contributed by atoms with Crippen LogP contribution in [0.25, 0.3) is 0 Å². The van der Waals surface area contributed by atoms with Crippen LogP contribution in [0.2, 0.25) is 0 Å². The second-order valence-corrected chi connectivity index (χ2v) is 2.67.